The van der Waals surface area contributed by atoms with Crippen molar-refractivity contribution in [1.29, 1.82) is 0 Å². The molecule has 0 aliphatic rings. The Bertz CT molecular complexity index is 831. The van der Waals surface area contributed by atoms with Crippen LogP contribution in [-0.2, 0) is 4.79 Å². The van der Waals surface area contributed by atoms with Gasteiger partial charge in [-0.1, -0.05) is 48.0 Å². The highest BCUT2D eigenvalue weighted by Crippen LogP contribution is 2.26. The minimum Gasteiger partial charge on any atom is -0.324 e. The lowest BCUT2D eigenvalue weighted by atomic mass is 10.0. The van der Waals surface area contributed by atoms with Crippen LogP contribution in [0.3, 0.4) is 0 Å². The topological polar surface area (TPSA) is 41.1 Å². The van der Waals surface area contributed by atoms with E-state index in [2.05, 4.69) is 69.2 Å². The van der Waals surface area contributed by atoms with Gasteiger partial charge in [0.1, 0.15) is 0 Å². The van der Waals surface area contributed by atoms with Crippen LogP contribution >= 0.6 is 27.3 Å². The van der Waals surface area contributed by atoms with Gasteiger partial charge in [-0.05, 0) is 52.0 Å². The van der Waals surface area contributed by atoms with Crippen molar-refractivity contribution < 1.29 is 4.79 Å². The maximum absolute atomic E-state index is 12.3. The Hall–Kier alpha value is -1.95. The van der Waals surface area contributed by atoms with E-state index in [-0.39, 0.29) is 18.5 Å². The average molecular weight is 415 g/mol. The number of hydrogen-bond acceptors (Lipinski definition) is 3. The third-order valence-corrected chi connectivity index (χ3v) is 5.48. The Morgan fingerprint density at radius 2 is 1.84 bits per heavy atom. The van der Waals surface area contributed by atoms with Crippen LogP contribution in [0.4, 0.5) is 5.69 Å². The molecule has 1 heterocycles. The number of thiophene rings is 1. The van der Waals surface area contributed by atoms with E-state index in [1.54, 1.807) is 11.3 Å². The van der Waals surface area contributed by atoms with Gasteiger partial charge in [-0.15, -0.1) is 11.3 Å². The fourth-order valence-electron chi connectivity index (χ4n) is 2.55. The van der Waals surface area contributed by atoms with Gasteiger partial charge in [0, 0.05) is 9.35 Å². The number of hydrogen-bond donors (Lipinski definition) is 2. The fraction of sp³-hybridized carbons (Fsp3) is 0.150. The van der Waals surface area contributed by atoms with Gasteiger partial charge >= 0.3 is 0 Å². The van der Waals surface area contributed by atoms with Gasteiger partial charge in [0.05, 0.1) is 18.3 Å². The highest BCUT2D eigenvalue weighted by molar-refractivity contribution is 9.10. The molecule has 128 valence electrons. The highest BCUT2D eigenvalue weighted by Gasteiger charge is 2.16. The number of carbonyl (C=O) groups excluding carboxylic acids is 1. The Morgan fingerprint density at radius 1 is 1.08 bits per heavy atom. The molecule has 0 fully saturated rings. The maximum Gasteiger partial charge on any atom is 0.238 e. The first-order chi connectivity index (χ1) is 12.1. The average Bonchev–Trinajstić information content (AvgIpc) is 3.13. The third kappa shape index (κ3) is 4.78. The van der Waals surface area contributed by atoms with Crippen molar-refractivity contribution in [3.63, 3.8) is 0 Å². The van der Waals surface area contributed by atoms with E-state index in [0.717, 1.165) is 15.7 Å². The van der Waals surface area contributed by atoms with Crippen LogP contribution in [0.15, 0.2) is 70.5 Å². The van der Waals surface area contributed by atoms with Crippen LogP contribution in [0.1, 0.15) is 22.0 Å². The lowest BCUT2D eigenvalue weighted by Crippen LogP contribution is -2.31. The molecule has 3 aromatic rings. The zero-order valence-electron chi connectivity index (χ0n) is 13.8. The van der Waals surface area contributed by atoms with E-state index in [4.69, 9.17) is 0 Å². The number of benzene rings is 2. The maximum atomic E-state index is 12.3. The Balaban J connectivity index is 1.70. The second kappa shape index (κ2) is 8.43. The standard InChI is InChI=1S/C20H19BrN2OS/c1-14-8-10-15(11-9-14)20(18-7-4-12-25-18)22-13-19(24)23-17-6-3-2-5-16(17)21/h2-12,20,22H,13H2,1H3,(H,23,24)/t20-/m0/s1. The molecule has 0 aliphatic carbocycles. The van der Waals surface area contributed by atoms with Gasteiger partial charge in [-0.25, -0.2) is 0 Å². The molecule has 3 nitrogen and oxygen atoms in total. The van der Waals surface area contributed by atoms with Gasteiger partial charge in [-0.3, -0.25) is 10.1 Å². The Kier molecular flexibility index (Phi) is 6.02. The zero-order chi connectivity index (χ0) is 17.6. The van der Waals surface area contributed by atoms with Gasteiger partial charge in [0.2, 0.25) is 5.91 Å². The summed E-state index contributed by atoms with van der Waals surface area (Å²) in [4.78, 5) is 13.5. The first kappa shape index (κ1) is 17.9. The monoisotopic (exact) mass is 414 g/mol. The molecule has 2 N–H and O–H groups in total. The summed E-state index contributed by atoms with van der Waals surface area (Å²) >= 11 is 5.13. The molecule has 0 unspecified atom stereocenters. The van der Waals surface area contributed by atoms with Crippen molar-refractivity contribution >= 4 is 38.9 Å². The van der Waals surface area contributed by atoms with Crippen LogP contribution < -0.4 is 10.6 Å². The SMILES string of the molecule is Cc1ccc([C@H](NCC(=O)Nc2ccccc2Br)c2cccs2)cc1. The second-order valence-electron chi connectivity index (χ2n) is 5.77. The molecule has 0 aliphatic heterocycles. The minimum atomic E-state index is -0.0689. The summed E-state index contributed by atoms with van der Waals surface area (Å²) in [5, 5.41) is 8.36. The number of aryl methyl sites for hydroxylation is 1. The molecule has 1 aromatic heterocycles. The molecule has 3 rings (SSSR count). The van der Waals surface area contributed by atoms with Crippen LogP contribution in [0, 0.1) is 6.92 Å². The number of nitrogens with one attached hydrogen (secondary N) is 2. The number of halogens is 1. The van der Waals surface area contributed by atoms with Crippen molar-refractivity contribution in [2.45, 2.75) is 13.0 Å². The lowest BCUT2D eigenvalue weighted by molar-refractivity contribution is -0.115. The summed E-state index contributed by atoms with van der Waals surface area (Å²) in [5.41, 5.74) is 3.15. The molecule has 1 atom stereocenters. The molecule has 0 radical (unpaired) electrons. The van der Waals surface area contributed by atoms with E-state index in [0.29, 0.717) is 0 Å². The predicted molar refractivity (Wildman–Crippen MR) is 108 cm³/mol. The van der Waals surface area contributed by atoms with Crippen molar-refractivity contribution in [1.82, 2.24) is 5.32 Å². The molecule has 25 heavy (non-hydrogen) atoms. The summed E-state index contributed by atoms with van der Waals surface area (Å²) in [5.74, 6) is -0.0689. The zero-order valence-corrected chi connectivity index (χ0v) is 16.2. The number of rotatable bonds is 6. The quantitative estimate of drug-likeness (QED) is 0.586. The number of para-hydroxylation sites is 1. The van der Waals surface area contributed by atoms with E-state index < -0.39 is 0 Å². The third-order valence-electron chi connectivity index (χ3n) is 3.85. The summed E-state index contributed by atoms with van der Waals surface area (Å²) < 4.78 is 0.872. The van der Waals surface area contributed by atoms with E-state index >= 15 is 0 Å². The van der Waals surface area contributed by atoms with Gasteiger partial charge in [0.25, 0.3) is 0 Å². The second-order valence-corrected chi connectivity index (χ2v) is 7.60. The van der Waals surface area contributed by atoms with Crippen LogP contribution in [0.5, 0.6) is 0 Å². The smallest absolute Gasteiger partial charge is 0.238 e. The van der Waals surface area contributed by atoms with Crippen molar-refractivity contribution in [3.8, 4) is 0 Å². The van der Waals surface area contributed by atoms with Crippen molar-refractivity contribution in [3.05, 3.63) is 86.5 Å². The van der Waals surface area contributed by atoms with Crippen LogP contribution in [0.25, 0.3) is 0 Å². The Morgan fingerprint density at radius 3 is 2.52 bits per heavy atom. The lowest BCUT2D eigenvalue weighted by Gasteiger charge is -2.18. The van der Waals surface area contributed by atoms with E-state index in [9.17, 15) is 4.79 Å². The first-order valence-electron chi connectivity index (χ1n) is 8.01. The van der Waals surface area contributed by atoms with Gasteiger partial charge in [0.15, 0.2) is 0 Å². The molecule has 0 bridgehead atoms. The number of anilines is 1. The predicted octanol–water partition coefficient (Wildman–Crippen LogP) is 5.14. The molecule has 0 saturated carbocycles. The van der Waals surface area contributed by atoms with E-state index in [1.807, 2.05) is 30.3 Å². The van der Waals surface area contributed by atoms with E-state index in [1.165, 1.54) is 10.4 Å². The molecule has 1 amide bonds. The molecule has 2 aromatic carbocycles. The highest BCUT2D eigenvalue weighted by atomic mass is 79.9. The summed E-state index contributed by atoms with van der Waals surface area (Å²) in [6.07, 6.45) is 0. The molecular weight excluding hydrogens is 396 g/mol. The van der Waals surface area contributed by atoms with Crippen molar-refractivity contribution in [2.75, 3.05) is 11.9 Å². The van der Waals surface area contributed by atoms with Crippen LogP contribution in [-0.4, -0.2) is 12.5 Å². The summed E-state index contributed by atoms with van der Waals surface area (Å²) in [7, 11) is 0. The summed E-state index contributed by atoms with van der Waals surface area (Å²) in [6.45, 7) is 2.31. The molecular formula is C20H19BrN2OS. The van der Waals surface area contributed by atoms with Crippen molar-refractivity contribution in [2.24, 2.45) is 0 Å². The Labute approximate surface area is 160 Å². The number of carbonyl (C=O) groups is 1. The largest absolute Gasteiger partial charge is 0.324 e. The molecule has 5 heteroatoms. The van der Waals surface area contributed by atoms with Gasteiger partial charge < -0.3 is 5.32 Å². The molecule has 0 saturated heterocycles. The number of amides is 1. The molecule has 0 spiro atoms. The van der Waals surface area contributed by atoms with Gasteiger partial charge in [-0.2, -0.15) is 0 Å². The normalized spacial score (nSPS) is 11.9. The minimum absolute atomic E-state index is 0.00515. The first-order valence-corrected chi connectivity index (χ1v) is 9.68. The fourth-order valence-corrected chi connectivity index (χ4v) is 3.76. The summed E-state index contributed by atoms with van der Waals surface area (Å²) in [6, 6.07) is 20.1. The van der Waals surface area contributed by atoms with Crippen LogP contribution in [0.2, 0.25) is 0 Å².